The monoisotopic (exact) mass is 496 g/mol. The van der Waals surface area contributed by atoms with Gasteiger partial charge in [-0.15, -0.1) is 0 Å². The van der Waals surface area contributed by atoms with Gasteiger partial charge in [0.2, 0.25) is 0 Å². The molecule has 11 heteroatoms. The fourth-order valence-corrected chi connectivity index (χ4v) is 2.99. The molecule has 0 radical (unpaired) electrons. The molecule has 0 aromatic rings. The third-order valence-electron chi connectivity index (χ3n) is 4.29. The second-order valence-electron chi connectivity index (χ2n) is 8.66. The summed E-state index contributed by atoms with van der Waals surface area (Å²) in [4.78, 5) is 13.4. The third kappa shape index (κ3) is 25.7. The van der Waals surface area contributed by atoms with Crippen molar-refractivity contribution in [3.63, 3.8) is 0 Å². The Morgan fingerprint density at radius 2 is 1.09 bits per heavy atom. The maximum Gasteiger partial charge on any atom is 0.409 e. The summed E-state index contributed by atoms with van der Waals surface area (Å²) in [5.74, 6) is 0. The summed E-state index contributed by atoms with van der Waals surface area (Å²) in [7, 11) is 0.534. The van der Waals surface area contributed by atoms with Crippen molar-refractivity contribution in [2.75, 3.05) is 106 Å². The van der Waals surface area contributed by atoms with E-state index in [0.29, 0.717) is 99.0 Å². The number of hydrogen-bond acceptors (Lipinski definition) is 9. The number of likely N-dealkylation sites (N-methyl/N-ethyl adjacent to an activating group) is 1. The van der Waals surface area contributed by atoms with Crippen molar-refractivity contribution in [3.05, 3.63) is 0 Å². The molecule has 0 saturated carbocycles. The smallest absolute Gasteiger partial charge is 0.409 e. The lowest BCUT2D eigenvalue weighted by molar-refractivity contribution is -0.00529. The number of nitrogens with two attached hydrogens (primary N) is 1. The van der Waals surface area contributed by atoms with Gasteiger partial charge in [-0.25, -0.2) is 4.79 Å². The number of hydrogen-bond donors (Lipinski definition) is 1. The van der Waals surface area contributed by atoms with Crippen LogP contribution < -0.4 is 5.73 Å². The van der Waals surface area contributed by atoms with Gasteiger partial charge in [0.05, 0.1) is 72.7 Å². The Hall–Kier alpha value is -0.793. The van der Waals surface area contributed by atoms with E-state index in [1.807, 2.05) is 0 Å². The summed E-state index contributed by atoms with van der Waals surface area (Å²) < 4.78 is 37.8. The highest BCUT2D eigenvalue weighted by molar-refractivity contribution is 6.76. The molecule has 0 unspecified atom stereocenters. The standard InChI is InChI=1S/C22H48N2O8Si/c1-24(22(25)32-20-21-33(2,3)4)7-11-29-15-12-26-8-5-9-27-13-16-30-18-19-31-17-14-28-10-6-23/h5-21,23H2,1-4H3. The molecule has 0 rings (SSSR count). The van der Waals surface area contributed by atoms with Crippen molar-refractivity contribution >= 4 is 14.2 Å². The van der Waals surface area contributed by atoms with Crippen LogP contribution in [0, 0.1) is 0 Å². The Bertz CT molecular complexity index is 441. The second kappa shape index (κ2) is 23.0. The molecule has 0 aliphatic carbocycles. The average molecular weight is 497 g/mol. The van der Waals surface area contributed by atoms with E-state index in [1.165, 1.54) is 0 Å². The van der Waals surface area contributed by atoms with Crippen LogP contribution in [0.5, 0.6) is 0 Å². The molecule has 198 valence electrons. The predicted octanol–water partition coefficient (Wildman–Crippen LogP) is 1.84. The molecule has 0 aromatic heterocycles. The van der Waals surface area contributed by atoms with Gasteiger partial charge in [-0.1, -0.05) is 19.6 Å². The molecule has 0 fully saturated rings. The highest BCUT2D eigenvalue weighted by atomic mass is 28.3. The number of ether oxygens (including phenoxy) is 7. The summed E-state index contributed by atoms with van der Waals surface area (Å²) in [6.45, 7) is 14.9. The SMILES string of the molecule is CN(CCOCCOCCCOCCOCCOCCOCCN)C(=O)OCC[Si](C)(C)C. The molecule has 10 nitrogen and oxygen atoms in total. The molecular formula is C22H48N2O8Si. The van der Waals surface area contributed by atoms with Gasteiger partial charge in [0.25, 0.3) is 0 Å². The summed E-state index contributed by atoms with van der Waals surface area (Å²) in [6, 6.07) is 0.974. The van der Waals surface area contributed by atoms with Crippen LogP contribution in [0.25, 0.3) is 0 Å². The maximum atomic E-state index is 11.9. The predicted molar refractivity (Wildman–Crippen MR) is 131 cm³/mol. The van der Waals surface area contributed by atoms with E-state index in [2.05, 4.69) is 19.6 Å². The lowest BCUT2D eigenvalue weighted by Crippen LogP contribution is -2.32. The Morgan fingerprint density at radius 3 is 1.55 bits per heavy atom. The minimum atomic E-state index is -1.19. The summed E-state index contributed by atoms with van der Waals surface area (Å²) in [5, 5.41) is 0. The topological polar surface area (TPSA) is 111 Å². The Labute approximate surface area is 201 Å². The van der Waals surface area contributed by atoms with Crippen LogP contribution in [0.15, 0.2) is 0 Å². The highest BCUT2D eigenvalue weighted by Gasteiger charge is 2.15. The van der Waals surface area contributed by atoms with E-state index in [1.54, 1.807) is 11.9 Å². The molecule has 2 N–H and O–H groups in total. The molecular weight excluding hydrogens is 448 g/mol. The first kappa shape index (κ1) is 32.2. The molecule has 0 heterocycles. The first-order chi connectivity index (χ1) is 15.9. The van der Waals surface area contributed by atoms with Crippen LogP contribution in [-0.2, 0) is 33.2 Å². The molecule has 33 heavy (non-hydrogen) atoms. The molecule has 1 amide bonds. The van der Waals surface area contributed by atoms with Gasteiger partial charge in [0, 0.05) is 41.4 Å². The normalized spacial score (nSPS) is 11.7. The van der Waals surface area contributed by atoms with Gasteiger partial charge in [0.15, 0.2) is 0 Å². The Morgan fingerprint density at radius 1 is 0.667 bits per heavy atom. The Kier molecular flexibility index (Phi) is 22.4. The van der Waals surface area contributed by atoms with Gasteiger partial charge in [-0.05, 0) is 12.5 Å². The van der Waals surface area contributed by atoms with E-state index < -0.39 is 8.07 Å². The zero-order chi connectivity index (χ0) is 24.6. The lowest BCUT2D eigenvalue weighted by atomic mass is 10.5. The molecule has 0 aromatic carbocycles. The average Bonchev–Trinajstić information content (AvgIpc) is 2.76. The molecule has 0 atom stereocenters. The van der Waals surface area contributed by atoms with E-state index in [0.717, 1.165) is 12.5 Å². The summed E-state index contributed by atoms with van der Waals surface area (Å²) in [5.41, 5.74) is 5.32. The quantitative estimate of drug-likeness (QED) is 0.158. The first-order valence-electron chi connectivity index (χ1n) is 11.9. The zero-order valence-electron chi connectivity index (χ0n) is 21.3. The molecule has 0 aliphatic rings. The van der Waals surface area contributed by atoms with Crippen LogP contribution in [0.2, 0.25) is 25.7 Å². The van der Waals surface area contributed by atoms with Crippen molar-refractivity contribution in [1.82, 2.24) is 4.90 Å². The number of carbonyl (C=O) groups is 1. The third-order valence-corrected chi connectivity index (χ3v) is 5.99. The highest BCUT2D eigenvalue weighted by Crippen LogP contribution is 2.08. The van der Waals surface area contributed by atoms with E-state index in [9.17, 15) is 4.79 Å². The van der Waals surface area contributed by atoms with Crippen molar-refractivity contribution < 1.29 is 38.0 Å². The van der Waals surface area contributed by atoms with E-state index >= 15 is 0 Å². The number of carbonyl (C=O) groups excluding carboxylic acids is 1. The summed E-state index contributed by atoms with van der Waals surface area (Å²) >= 11 is 0. The fraction of sp³-hybridized carbons (Fsp3) is 0.955. The molecule has 0 bridgehead atoms. The van der Waals surface area contributed by atoms with Gasteiger partial charge in [-0.3, -0.25) is 0 Å². The lowest BCUT2D eigenvalue weighted by Gasteiger charge is -2.19. The fourth-order valence-electron chi connectivity index (χ4n) is 2.28. The van der Waals surface area contributed by atoms with Crippen molar-refractivity contribution in [1.29, 1.82) is 0 Å². The number of rotatable bonds is 24. The second-order valence-corrected chi connectivity index (χ2v) is 14.3. The van der Waals surface area contributed by atoms with Crippen molar-refractivity contribution in [2.24, 2.45) is 5.73 Å². The largest absolute Gasteiger partial charge is 0.450 e. The van der Waals surface area contributed by atoms with E-state index in [4.69, 9.17) is 38.9 Å². The van der Waals surface area contributed by atoms with Crippen LogP contribution >= 0.6 is 0 Å². The van der Waals surface area contributed by atoms with Crippen LogP contribution in [0.3, 0.4) is 0 Å². The van der Waals surface area contributed by atoms with Gasteiger partial charge >= 0.3 is 6.09 Å². The van der Waals surface area contributed by atoms with Crippen LogP contribution in [-0.4, -0.2) is 125 Å². The minimum absolute atomic E-state index is 0.295. The molecule has 0 saturated heterocycles. The zero-order valence-corrected chi connectivity index (χ0v) is 22.3. The van der Waals surface area contributed by atoms with Crippen LogP contribution in [0.1, 0.15) is 6.42 Å². The minimum Gasteiger partial charge on any atom is -0.450 e. The van der Waals surface area contributed by atoms with Crippen molar-refractivity contribution in [2.45, 2.75) is 32.1 Å². The molecule has 0 spiro atoms. The molecule has 0 aliphatic heterocycles. The van der Waals surface area contributed by atoms with Gasteiger partial charge in [0.1, 0.15) is 0 Å². The first-order valence-corrected chi connectivity index (χ1v) is 15.6. The van der Waals surface area contributed by atoms with E-state index in [-0.39, 0.29) is 6.09 Å². The van der Waals surface area contributed by atoms with Gasteiger partial charge < -0.3 is 43.8 Å². The maximum absolute atomic E-state index is 11.9. The Balaban J connectivity index is 3.24. The van der Waals surface area contributed by atoms with Crippen molar-refractivity contribution in [3.8, 4) is 0 Å². The summed E-state index contributed by atoms with van der Waals surface area (Å²) in [6.07, 6.45) is 0.522. The number of nitrogens with zero attached hydrogens (tertiary/aromatic N) is 1. The van der Waals surface area contributed by atoms with Crippen LogP contribution in [0.4, 0.5) is 4.79 Å². The number of amides is 1. The van der Waals surface area contributed by atoms with Gasteiger partial charge in [-0.2, -0.15) is 0 Å².